The third-order valence-electron chi connectivity index (χ3n) is 6.28. The highest BCUT2D eigenvalue weighted by atomic mass is 16.5. The molecule has 0 saturated carbocycles. The van der Waals surface area contributed by atoms with Gasteiger partial charge in [0, 0.05) is 30.5 Å². The number of ether oxygens (including phenoxy) is 1. The Kier molecular flexibility index (Phi) is 5.28. The Morgan fingerprint density at radius 3 is 2.41 bits per heavy atom. The second-order valence-corrected chi connectivity index (χ2v) is 8.18. The molecular formula is C28H26N2O2. The first-order chi connectivity index (χ1) is 15.7. The van der Waals surface area contributed by atoms with E-state index in [1.807, 2.05) is 66.4 Å². The molecule has 4 nitrogen and oxygen atoms in total. The Morgan fingerprint density at radius 2 is 1.62 bits per heavy atom. The van der Waals surface area contributed by atoms with E-state index < -0.39 is 0 Å². The maximum atomic E-state index is 13.7. The van der Waals surface area contributed by atoms with Crippen molar-refractivity contribution in [3.8, 4) is 22.7 Å². The molecule has 5 rings (SSSR count). The number of amides is 1. The molecule has 1 aromatic heterocycles. The summed E-state index contributed by atoms with van der Waals surface area (Å²) in [7, 11) is 1.67. The second kappa shape index (κ2) is 8.39. The van der Waals surface area contributed by atoms with Crippen LogP contribution in [0.15, 0.2) is 84.9 Å². The van der Waals surface area contributed by atoms with Crippen molar-refractivity contribution in [3.63, 3.8) is 0 Å². The van der Waals surface area contributed by atoms with Gasteiger partial charge in [0.1, 0.15) is 5.75 Å². The van der Waals surface area contributed by atoms with Crippen molar-refractivity contribution < 1.29 is 9.53 Å². The molecule has 0 fully saturated rings. The molecule has 4 heteroatoms. The van der Waals surface area contributed by atoms with E-state index in [1.54, 1.807) is 7.11 Å². The SMILES string of the molecule is COc1cccc(-n2c(-c3ccccc3)cc(C(=O)N3CCc4ccccc4C3)c2C)c1. The van der Waals surface area contributed by atoms with E-state index in [1.165, 1.54) is 11.1 Å². The lowest BCUT2D eigenvalue weighted by molar-refractivity contribution is 0.0734. The molecule has 1 aliphatic heterocycles. The second-order valence-electron chi connectivity index (χ2n) is 8.18. The lowest BCUT2D eigenvalue weighted by atomic mass is 9.99. The Labute approximate surface area is 188 Å². The van der Waals surface area contributed by atoms with E-state index in [0.717, 1.165) is 46.9 Å². The summed E-state index contributed by atoms with van der Waals surface area (Å²) in [6, 6.07) is 28.6. The van der Waals surface area contributed by atoms with Crippen LogP contribution in [0.5, 0.6) is 5.75 Å². The molecule has 160 valence electrons. The molecule has 0 bridgehead atoms. The van der Waals surface area contributed by atoms with Gasteiger partial charge in [0.2, 0.25) is 0 Å². The zero-order chi connectivity index (χ0) is 22.1. The average Bonchev–Trinajstić information content (AvgIpc) is 3.20. The predicted molar refractivity (Wildman–Crippen MR) is 127 cm³/mol. The van der Waals surface area contributed by atoms with E-state index in [4.69, 9.17) is 4.74 Å². The summed E-state index contributed by atoms with van der Waals surface area (Å²) in [6.07, 6.45) is 0.892. The largest absolute Gasteiger partial charge is 0.497 e. The summed E-state index contributed by atoms with van der Waals surface area (Å²) in [5, 5.41) is 0. The molecule has 0 spiro atoms. The van der Waals surface area contributed by atoms with E-state index in [9.17, 15) is 4.79 Å². The Hall–Kier alpha value is -3.79. The van der Waals surface area contributed by atoms with Crippen molar-refractivity contribution in [2.24, 2.45) is 0 Å². The zero-order valence-corrected chi connectivity index (χ0v) is 18.4. The van der Waals surface area contributed by atoms with Gasteiger partial charge >= 0.3 is 0 Å². The van der Waals surface area contributed by atoms with Gasteiger partial charge in [-0.3, -0.25) is 4.79 Å². The van der Waals surface area contributed by atoms with Gasteiger partial charge in [-0.1, -0.05) is 60.7 Å². The first kappa shape index (κ1) is 20.1. The smallest absolute Gasteiger partial charge is 0.256 e. The lowest BCUT2D eigenvalue weighted by Crippen LogP contribution is -2.36. The highest BCUT2D eigenvalue weighted by molar-refractivity contribution is 5.97. The fraction of sp³-hybridized carbons (Fsp3) is 0.179. The first-order valence-corrected chi connectivity index (χ1v) is 10.9. The minimum Gasteiger partial charge on any atom is -0.497 e. The summed E-state index contributed by atoms with van der Waals surface area (Å²) in [5.74, 6) is 0.867. The summed E-state index contributed by atoms with van der Waals surface area (Å²) < 4.78 is 7.61. The molecule has 1 aliphatic rings. The monoisotopic (exact) mass is 422 g/mol. The van der Waals surface area contributed by atoms with Crippen molar-refractivity contribution in [1.29, 1.82) is 0 Å². The molecule has 0 radical (unpaired) electrons. The van der Waals surface area contributed by atoms with Crippen LogP contribution >= 0.6 is 0 Å². The summed E-state index contributed by atoms with van der Waals surface area (Å²) >= 11 is 0. The molecule has 32 heavy (non-hydrogen) atoms. The zero-order valence-electron chi connectivity index (χ0n) is 18.4. The Bertz CT molecular complexity index is 1270. The van der Waals surface area contributed by atoms with E-state index in [0.29, 0.717) is 6.54 Å². The van der Waals surface area contributed by atoms with Crippen molar-refractivity contribution >= 4 is 5.91 Å². The molecule has 0 atom stereocenters. The van der Waals surface area contributed by atoms with Crippen LogP contribution in [0.2, 0.25) is 0 Å². The van der Waals surface area contributed by atoms with Crippen molar-refractivity contribution in [2.45, 2.75) is 19.9 Å². The van der Waals surface area contributed by atoms with Gasteiger partial charge in [-0.25, -0.2) is 0 Å². The molecule has 4 aromatic rings. The van der Waals surface area contributed by atoms with Crippen LogP contribution in [0.4, 0.5) is 0 Å². The number of fused-ring (bicyclic) bond motifs is 1. The number of methoxy groups -OCH3 is 1. The molecule has 0 aliphatic carbocycles. The third-order valence-corrected chi connectivity index (χ3v) is 6.28. The number of carbonyl (C=O) groups excluding carboxylic acids is 1. The average molecular weight is 423 g/mol. The number of aromatic nitrogens is 1. The molecule has 0 N–H and O–H groups in total. The highest BCUT2D eigenvalue weighted by Crippen LogP contribution is 2.32. The van der Waals surface area contributed by atoms with Gasteiger partial charge in [-0.15, -0.1) is 0 Å². The van der Waals surface area contributed by atoms with Crippen LogP contribution in [0.25, 0.3) is 16.9 Å². The van der Waals surface area contributed by atoms with E-state index in [2.05, 4.69) is 34.9 Å². The van der Waals surface area contributed by atoms with Crippen LogP contribution in [0.1, 0.15) is 27.2 Å². The molecular weight excluding hydrogens is 396 g/mol. The standard InChI is InChI=1S/C28H26N2O2/c1-20-26(28(31)29-16-15-21-9-6-7-12-23(21)19-29)18-27(22-10-4-3-5-11-22)30(20)24-13-8-14-25(17-24)32-2/h3-14,17-18H,15-16,19H2,1-2H3. The number of rotatable bonds is 4. The summed E-state index contributed by atoms with van der Waals surface area (Å²) in [5.41, 5.74) is 7.29. The predicted octanol–water partition coefficient (Wildman–Crippen LogP) is 5.66. The van der Waals surface area contributed by atoms with Crippen LogP contribution in [-0.4, -0.2) is 29.0 Å². The molecule has 0 saturated heterocycles. The minimum atomic E-state index is 0.0795. The van der Waals surface area contributed by atoms with Crippen LogP contribution in [0, 0.1) is 6.92 Å². The first-order valence-electron chi connectivity index (χ1n) is 10.9. The van der Waals surface area contributed by atoms with Gasteiger partial charge in [0.25, 0.3) is 5.91 Å². The Balaban J connectivity index is 1.59. The number of nitrogens with zero attached hydrogens (tertiary/aromatic N) is 2. The molecule has 3 aromatic carbocycles. The topological polar surface area (TPSA) is 34.5 Å². The molecule has 2 heterocycles. The minimum absolute atomic E-state index is 0.0795. The van der Waals surface area contributed by atoms with Crippen LogP contribution < -0.4 is 4.74 Å². The lowest BCUT2D eigenvalue weighted by Gasteiger charge is -2.29. The van der Waals surface area contributed by atoms with Crippen molar-refractivity contribution in [2.75, 3.05) is 13.7 Å². The van der Waals surface area contributed by atoms with Crippen LogP contribution in [-0.2, 0) is 13.0 Å². The van der Waals surface area contributed by atoms with Gasteiger partial charge < -0.3 is 14.2 Å². The summed E-state index contributed by atoms with van der Waals surface area (Å²) in [4.78, 5) is 15.6. The molecule has 1 amide bonds. The number of hydrogen-bond acceptors (Lipinski definition) is 2. The van der Waals surface area contributed by atoms with Gasteiger partial charge in [0.15, 0.2) is 0 Å². The van der Waals surface area contributed by atoms with Crippen LogP contribution in [0.3, 0.4) is 0 Å². The molecule has 0 unspecified atom stereocenters. The number of hydrogen-bond donors (Lipinski definition) is 0. The Morgan fingerprint density at radius 1 is 0.875 bits per heavy atom. The highest BCUT2D eigenvalue weighted by Gasteiger charge is 2.26. The normalized spacial score (nSPS) is 13.0. The van der Waals surface area contributed by atoms with E-state index in [-0.39, 0.29) is 5.91 Å². The quantitative estimate of drug-likeness (QED) is 0.425. The summed E-state index contributed by atoms with van der Waals surface area (Å²) in [6.45, 7) is 3.41. The fourth-order valence-corrected chi connectivity index (χ4v) is 4.57. The maximum Gasteiger partial charge on any atom is 0.256 e. The van der Waals surface area contributed by atoms with Gasteiger partial charge in [0.05, 0.1) is 18.4 Å². The van der Waals surface area contributed by atoms with Crippen molar-refractivity contribution in [1.82, 2.24) is 9.47 Å². The number of benzene rings is 3. The fourth-order valence-electron chi connectivity index (χ4n) is 4.57. The van der Waals surface area contributed by atoms with E-state index >= 15 is 0 Å². The third kappa shape index (κ3) is 3.58. The van der Waals surface area contributed by atoms with Crippen molar-refractivity contribution in [3.05, 3.63) is 107 Å². The maximum absolute atomic E-state index is 13.7. The van der Waals surface area contributed by atoms with Gasteiger partial charge in [-0.05, 0) is 48.2 Å². The number of carbonyl (C=O) groups is 1. The van der Waals surface area contributed by atoms with Gasteiger partial charge in [-0.2, -0.15) is 0 Å².